The second kappa shape index (κ2) is 7.41. The van der Waals surface area contributed by atoms with Gasteiger partial charge in [-0.2, -0.15) is 4.98 Å². The molecule has 1 amide bonds. The fourth-order valence-electron chi connectivity index (χ4n) is 1.76. The summed E-state index contributed by atoms with van der Waals surface area (Å²) in [5.74, 6) is -1.55. The molecule has 0 aliphatic rings. The molecule has 4 N–H and O–H groups in total. The largest absolute Gasteiger partial charge is 0.480 e. The molecule has 8 heteroatoms. The molecule has 116 valence electrons. The number of hydrogen-bond donors (Lipinski definition) is 3. The average molecular weight is 296 g/mol. The van der Waals surface area contributed by atoms with Crippen LogP contribution >= 0.6 is 0 Å². The quantitative estimate of drug-likeness (QED) is 0.641. The van der Waals surface area contributed by atoms with Crippen molar-refractivity contribution in [3.05, 3.63) is 22.7 Å². The number of rotatable bonds is 7. The highest BCUT2D eigenvalue weighted by atomic mass is 16.4. The lowest BCUT2D eigenvalue weighted by Gasteiger charge is -2.20. The minimum absolute atomic E-state index is 0.00822. The van der Waals surface area contributed by atoms with Gasteiger partial charge in [-0.25, -0.2) is 9.59 Å². The Morgan fingerprint density at radius 2 is 2.19 bits per heavy atom. The number of nitrogens with zero attached hydrogens (tertiary/aromatic N) is 2. The van der Waals surface area contributed by atoms with Crippen LogP contribution in [0, 0.1) is 5.92 Å². The Kier molecular flexibility index (Phi) is 5.89. The molecule has 8 nitrogen and oxygen atoms in total. The molecule has 1 rings (SSSR count). The van der Waals surface area contributed by atoms with Crippen LogP contribution in [-0.4, -0.2) is 32.6 Å². The van der Waals surface area contributed by atoms with E-state index in [9.17, 15) is 14.4 Å². The first-order chi connectivity index (χ1) is 9.85. The van der Waals surface area contributed by atoms with Crippen molar-refractivity contribution in [2.24, 2.45) is 5.92 Å². The molecule has 0 bridgehead atoms. The first kappa shape index (κ1) is 16.7. The number of carboxylic acids is 1. The zero-order valence-corrected chi connectivity index (χ0v) is 12.1. The molecule has 0 aliphatic carbocycles. The lowest BCUT2D eigenvalue weighted by molar-refractivity contribution is -0.143. The van der Waals surface area contributed by atoms with Crippen molar-refractivity contribution in [1.82, 2.24) is 14.9 Å². The number of aryl methyl sites for hydroxylation is 1. The van der Waals surface area contributed by atoms with E-state index in [2.05, 4.69) is 10.3 Å². The molecule has 1 heterocycles. The van der Waals surface area contributed by atoms with Crippen LogP contribution in [0.25, 0.3) is 0 Å². The van der Waals surface area contributed by atoms with Gasteiger partial charge in [0.05, 0.1) is 0 Å². The van der Waals surface area contributed by atoms with Gasteiger partial charge >= 0.3 is 11.7 Å². The molecular formula is C13H20N4O4. The first-order valence-electron chi connectivity index (χ1n) is 6.70. The van der Waals surface area contributed by atoms with Crippen molar-refractivity contribution in [2.45, 2.75) is 39.3 Å². The van der Waals surface area contributed by atoms with Crippen molar-refractivity contribution >= 4 is 17.7 Å². The topological polar surface area (TPSA) is 127 Å². The van der Waals surface area contributed by atoms with Gasteiger partial charge in [-0.3, -0.25) is 9.36 Å². The van der Waals surface area contributed by atoms with Crippen LogP contribution in [0.1, 0.15) is 26.7 Å². The van der Waals surface area contributed by atoms with E-state index in [1.54, 1.807) is 6.92 Å². The van der Waals surface area contributed by atoms with Gasteiger partial charge in [0.25, 0.3) is 0 Å². The summed E-state index contributed by atoms with van der Waals surface area (Å²) in [6, 6.07) is 0.530. The zero-order chi connectivity index (χ0) is 16.0. The van der Waals surface area contributed by atoms with E-state index in [0.717, 1.165) is 0 Å². The number of aromatic nitrogens is 2. The fourth-order valence-corrected chi connectivity index (χ4v) is 1.76. The predicted octanol–water partition coefficient (Wildman–Crippen LogP) is -0.169. The number of aliphatic carboxylic acids is 1. The molecular weight excluding hydrogens is 276 g/mol. The Labute approximate surface area is 122 Å². The van der Waals surface area contributed by atoms with Crippen LogP contribution in [0.4, 0.5) is 5.82 Å². The molecule has 1 aromatic heterocycles. The standard InChI is InChI=1S/C13H20N4O4/c1-3-8(2)11(12(19)20)16-10(18)5-7-17-6-4-9(14)15-13(17)21/h4,6,8,11H,3,5,7H2,1-2H3,(H,16,18)(H,19,20)(H2,14,15,21)/t8-,11-/m0/s1. The minimum Gasteiger partial charge on any atom is -0.480 e. The Bertz CT molecular complexity index is 570. The van der Waals surface area contributed by atoms with Crippen LogP contribution < -0.4 is 16.7 Å². The van der Waals surface area contributed by atoms with Gasteiger partial charge in [0.2, 0.25) is 5.91 Å². The van der Waals surface area contributed by atoms with Crippen molar-refractivity contribution in [1.29, 1.82) is 0 Å². The number of carbonyl (C=O) groups excluding carboxylic acids is 1. The number of nitrogens with two attached hydrogens (primary N) is 1. The normalized spacial score (nSPS) is 13.4. The van der Waals surface area contributed by atoms with Crippen molar-refractivity contribution < 1.29 is 14.7 Å². The molecule has 2 atom stereocenters. The Balaban J connectivity index is 2.61. The SMILES string of the molecule is CC[C@H](C)[C@H](NC(=O)CCn1ccc(N)nc1=O)C(=O)O. The summed E-state index contributed by atoms with van der Waals surface area (Å²) in [6.07, 6.45) is 2.07. The molecule has 0 aromatic carbocycles. The fraction of sp³-hybridized carbons (Fsp3) is 0.538. The third-order valence-electron chi connectivity index (χ3n) is 3.27. The summed E-state index contributed by atoms with van der Waals surface area (Å²) in [6.45, 7) is 3.73. The highest BCUT2D eigenvalue weighted by Gasteiger charge is 2.24. The van der Waals surface area contributed by atoms with Gasteiger partial charge in [-0.05, 0) is 12.0 Å². The van der Waals surface area contributed by atoms with E-state index in [0.29, 0.717) is 6.42 Å². The number of nitrogens with one attached hydrogen (secondary N) is 1. The summed E-state index contributed by atoms with van der Waals surface area (Å²) in [5, 5.41) is 11.6. The smallest absolute Gasteiger partial charge is 0.349 e. The van der Waals surface area contributed by atoms with Gasteiger partial charge in [0.15, 0.2) is 0 Å². The molecule has 1 aromatic rings. The third-order valence-corrected chi connectivity index (χ3v) is 3.27. The van der Waals surface area contributed by atoms with Gasteiger partial charge in [0, 0.05) is 19.2 Å². The van der Waals surface area contributed by atoms with Gasteiger partial charge in [-0.1, -0.05) is 20.3 Å². The number of hydrogen-bond acceptors (Lipinski definition) is 5. The monoisotopic (exact) mass is 296 g/mol. The number of anilines is 1. The second-order valence-electron chi connectivity index (χ2n) is 4.85. The van der Waals surface area contributed by atoms with Crippen molar-refractivity contribution in [3.8, 4) is 0 Å². The maximum absolute atomic E-state index is 11.8. The van der Waals surface area contributed by atoms with Gasteiger partial charge < -0.3 is 16.2 Å². The lowest BCUT2D eigenvalue weighted by Crippen LogP contribution is -2.45. The van der Waals surface area contributed by atoms with E-state index in [1.165, 1.54) is 16.8 Å². The highest BCUT2D eigenvalue weighted by Crippen LogP contribution is 2.08. The Morgan fingerprint density at radius 3 is 2.71 bits per heavy atom. The van der Waals surface area contributed by atoms with Crippen LogP contribution in [0.3, 0.4) is 0 Å². The molecule has 0 saturated carbocycles. The highest BCUT2D eigenvalue weighted by molar-refractivity contribution is 5.83. The van der Waals surface area contributed by atoms with Crippen molar-refractivity contribution in [3.63, 3.8) is 0 Å². The molecule has 0 aliphatic heterocycles. The Morgan fingerprint density at radius 1 is 1.52 bits per heavy atom. The summed E-state index contributed by atoms with van der Waals surface area (Å²) in [4.78, 5) is 37.9. The molecule has 0 spiro atoms. The minimum atomic E-state index is -1.07. The van der Waals surface area contributed by atoms with Crippen LogP contribution in [0.2, 0.25) is 0 Å². The maximum Gasteiger partial charge on any atom is 0.349 e. The van der Waals surface area contributed by atoms with Gasteiger partial charge in [-0.15, -0.1) is 0 Å². The molecule has 21 heavy (non-hydrogen) atoms. The summed E-state index contributed by atoms with van der Waals surface area (Å²) in [7, 11) is 0. The average Bonchev–Trinajstić information content (AvgIpc) is 2.42. The molecule has 0 radical (unpaired) electrons. The number of amides is 1. The van der Waals surface area contributed by atoms with Crippen molar-refractivity contribution in [2.75, 3.05) is 5.73 Å². The third kappa shape index (κ3) is 4.90. The molecule has 0 fully saturated rings. The van der Waals surface area contributed by atoms with Crippen LogP contribution in [0.15, 0.2) is 17.1 Å². The number of nitrogen functional groups attached to an aromatic ring is 1. The van der Waals surface area contributed by atoms with Crippen LogP contribution in [-0.2, 0) is 16.1 Å². The predicted molar refractivity (Wildman–Crippen MR) is 76.5 cm³/mol. The molecule has 0 unspecified atom stereocenters. The van der Waals surface area contributed by atoms with E-state index in [-0.39, 0.29) is 24.7 Å². The molecule has 0 saturated heterocycles. The summed E-state index contributed by atoms with van der Waals surface area (Å²) in [5.41, 5.74) is 4.82. The van der Waals surface area contributed by atoms with Gasteiger partial charge in [0.1, 0.15) is 11.9 Å². The Hall–Kier alpha value is -2.38. The van der Waals surface area contributed by atoms with E-state index in [4.69, 9.17) is 10.8 Å². The number of carbonyl (C=O) groups is 2. The summed E-state index contributed by atoms with van der Waals surface area (Å²) < 4.78 is 1.25. The lowest BCUT2D eigenvalue weighted by atomic mass is 9.99. The first-order valence-corrected chi connectivity index (χ1v) is 6.70. The maximum atomic E-state index is 11.8. The zero-order valence-electron chi connectivity index (χ0n) is 12.1. The summed E-state index contributed by atoms with van der Waals surface area (Å²) >= 11 is 0. The van der Waals surface area contributed by atoms with Crippen LogP contribution in [0.5, 0.6) is 0 Å². The van der Waals surface area contributed by atoms with E-state index in [1.807, 2.05) is 6.92 Å². The number of carboxylic acid groups (broad SMARTS) is 1. The van der Waals surface area contributed by atoms with E-state index < -0.39 is 23.6 Å². The second-order valence-corrected chi connectivity index (χ2v) is 4.85. The van der Waals surface area contributed by atoms with E-state index >= 15 is 0 Å².